The number of aryl methyl sites for hydroxylation is 2. The molecule has 0 saturated carbocycles. The number of hydrogen-bond donors (Lipinski definition) is 1. The standard InChI is InChI=1S/C25H27N9O/c1-3-5-8-19-17-34(24-26-13-14-32(24)4-2)25(35)33(19)16-18-11-12-22(27-15-18)20-9-6-7-10-21(20)23-28-30-31-29-23/h6-7,9-15,17H,3-5,8,16H2,1-2H3,(H,28,29,30,31). The predicted molar refractivity (Wildman–Crippen MR) is 132 cm³/mol. The lowest BCUT2D eigenvalue weighted by Crippen LogP contribution is -2.26. The minimum Gasteiger partial charge on any atom is -0.317 e. The highest BCUT2D eigenvalue weighted by Gasteiger charge is 2.16. The molecule has 1 aromatic carbocycles. The Morgan fingerprint density at radius 1 is 1.03 bits per heavy atom. The average molecular weight is 470 g/mol. The Hall–Kier alpha value is -4.34. The fourth-order valence-corrected chi connectivity index (χ4v) is 4.20. The van der Waals surface area contributed by atoms with Gasteiger partial charge in [0.25, 0.3) is 0 Å². The third-order valence-corrected chi connectivity index (χ3v) is 6.05. The minimum absolute atomic E-state index is 0.0940. The van der Waals surface area contributed by atoms with Crippen LogP contribution in [0.1, 0.15) is 37.9 Å². The van der Waals surface area contributed by atoms with Gasteiger partial charge >= 0.3 is 5.69 Å². The number of aromatic nitrogens is 9. The zero-order chi connectivity index (χ0) is 24.2. The molecule has 0 bridgehead atoms. The Balaban J connectivity index is 1.47. The summed E-state index contributed by atoms with van der Waals surface area (Å²) < 4.78 is 5.44. The Morgan fingerprint density at radius 3 is 2.60 bits per heavy atom. The second-order valence-electron chi connectivity index (χ2n) is 8.31. The molecule has 0 spiro atoms. The van der Waals surface area contributed by atoms with Gasteiger partial charge in [-0.25, -0.2) is 14.3 Å². The smallest absolute Gasteiger partial charge is 0.317 e. The van der Waals surface area contributed by atoms with E-state index >= 15 is 0 Å². The summed E-state index contributed by atoms with van der Waals surface area (Å²) in [6.45, 7) is 5.37. The van der Waals surface area contributed by atoms with Gasteiger partial charge in [0.05, 0.1) is 12.2 Å². The van der Waals surface area contributed by atoms with Crippen molar-refractivity contribution in [2.24, 2.45) is 0 Å². The zero-order valence-electron chi connectivity index (χ0n) is 19.8. The molecule has 1 N–H and O–H groups in total. The Kier molecular flexibility index (Phi) is 6.34. The summed E-state index contributed by atoms with van der Waals surface area (Å²) in [5, 5.41) is 14.4. The van der Waals surface area contributed by atoms with Crippen molar-refractivity contribution in [3.05, 3.63) is 82.9 Å². The van der Waals surface area contributed by atoms with Crippen molar-refractivity contribution in [2.45, 2.75) is 46.2 Å². The van der Waals surface area contributed by atoms with Gasteiger partial charge in [-0.15, -0.1) is 10.2 Å². The van der Waals surface area contributed by atoms with Crippen molar-refractivity contribution in [2.75, 3.05) is 0 Å². The summed E-state index contributed by atoms with van der Waals surface area (Å²) in [5.41, 5.74) is 4.41. The number of nitrogens with one attached hydrogen (secondary N) is 1. The normalized spacial score (nSPS) is 11.3. The number of pyridine rings is 1. The summed E-state index contributed by atoms with van der Waals surface area (Å²) in [6, 6.07) is 11.8. The first-order chi connectivity index (χ1) is 17.2. The summed E-state index contributed by atoms with van der Waals surface area (Å²) in [4.78, 5) is 22.5. The molecule has 5 rings (SSSR count). The van der Waals surface area contributed by atoms with Crippen LogP contribution in [0, 0.1) is 0 Å². The van der Waals surface area contributed by atoms with Crippen molar-refractivity contribution < 1.29 is 0 Å². The van der Waals surface area contributed by atoms with Gasteiger partial charge in [-0.1, -0.05) is 43.7 Å². The lowest BCUT2D eigenvalue weighted by atomic mass is 10.0. The number of imidazole rings is 2. The van der Waals surface area contributed by atoms with Gasteiger partial charge in [0.15, 0.2) is 0 Å². The van der Waals surface area contributed by atoms with E-state index in [1.807, 2.05) is 71.0 Å². The van der Waals surface area contributed by atoms with Crippen molar-refractivity contribution in [1.29, 1.82) is 0 Å². The first-order valence-electron chi connectivity index (χ1n) is 11.8. The molecule has 0 fully saturated rings. The van der Waals surface area contributed by atoms with Gasteiger partial charge < -0.3 is 4.57 Å². The van der Waals surface area contributed by atoms with E-state index in [9.17, 15) is 4.79 Å². The molecule has 4 heterocycles. The summed E-state index contributed by atoms with van der Waals surface area (Å²) in [5.74, 6) is 1.16. The van der Waals surface area contributed by atoms with Gasteiger partial charge in [0.1, 0.15) is 0 Å². The molecule has 35 heavy (non-hydrogen) atoms. The Bertz CT molecular complexity index is 1460. The topological polar surface area (TPSA) is 112 Å². The van der Waals surface area contributed by atoms with Gasteiger partial charge in [0.2, 0.25) is 11.8 Å². The molecule has 5 aromatic rings. The molecule has 0 aliphatic carbocycles. The number of unbranched alkanes of at least 4 members (excludes halogenated alkanes) is 1. The molecule has 0 unspecified atom stereocenters. The van der Waals surface area contributed by atoms with Crippen LogP contribution in [-0.2, 0) is 19.5 Å². The molecular weight excluding hydrogens is 442 g/mol. The maximum Gasteiger partial charge on any atom is 0.335 e. The molecule has 0 amide bonds. The van der Waals surface area contributed by atoms with Crippen molar-refractivity contribution in [3.8, 4) is 28.6 Å². The average Bonchev–Trinajstić information content (AvgIpc) is 3.65. The van der Waals surface area contributed by atoms with Gasteiger partial charge in [-0.05, 0) is 36.6 Å². The maximum absolute atomic E-state index is 13.4. The number of nitrogens with zero attached hydrogens (tertiary/aromatic N) is 8. The molecule has 0 saturated heterocycles. The maximum atomic E-state index is 13.4. The van der Waals surface area contributed by atoms with Crippen LogP contribution in [0.2, 0.25) is 0 Å². The van der Waals surface area contributed by atoms with E-state index in [4.69, 9.17) is 4.98 Å². The first kappa shape index (κ1) is 22.5. The fourth-order valence-electron chi connectivity index (χ4n) is 4.20. The number of H-pyrrole nitrogens is 1. The van der Waals surface area contributed by atoms with Gasteiger partial charge in [-0.3, -0.25) is 9.55 Å². The van der Waals surface area contributed by atoms with E-state index in [0.717, 1.165) is 53.9 Å². The van der Waals surface area contributed by atoms with Crippen LogP contribution in [-0.4, -0.2) is 44.3 Å². The zero-order valence-corrected chi connectivity index (χ0v) is 19.8. The highest BCUT2D eigenvalue weighted by molar-refractivity contribution is 5.78. The quantitative estimate of drug-likeness (QED) is 0.354. The summed E-state index contributed by atoms with van der Waals surface area (Å²) in [7, 11) is 0. The fraction of sp³-hybridized carbons (Fsp3) is 0.280. The molecule has 10 nitrogen and oxygen atoms in total. The second kappa shape index (κ2) is 9.88. The van der Waals surface area contributed by atoms with E-state index in [1.54, 1.807) is 10.8 Å². The van der Waals surface area contributed by atoms with E-state index < -0.39 is 0 Å². The van der Waals surface area contributed by atoms with Crippen LogP contribution in [0.15, 0.2) is 66.0 Å². The highest BCUT2D eigenvalue weighted by Crippen LogP contribution is 2.28. The first-order valence-corrected chi connectivity index (χ1v) is 11.8. The van der Waals surface area contributed by atoms with E-state index in [1.165, 1.54) is 0 Å². The van der Waals surface area contributed by atoms with Crippen LogP contribution >= 0.6 is 0 Å². The van der Waals surface area contributed by atoms with E-state index in [-0.39, 0.29) is 5.69 Å². The minimum atomic E-state index is -0.0940. The summed E-state index contributed by atoms with van der Waals surface area (Å²) in [6.07, 6.45) is 10.3. The van der Waals surface area contributed by atoms with Crippen LogP contribution in [0.3, 0.4) is 0 Å². The van der Waals surface area contributed by atoms with Gasteiger partial charge in [0, 0.05) is 48.2 Å². The van der Waals surface area contributed by atoms with Crippen molar-refractivity contribution >= 4 is 0 Å². The van der Waals surface area contributed by atoms with Crippen LogP contribution in [0.4, 0.5) is 0 Å². The molecule has 178 valence electrons. The lowest BCUT2D eigenvalue weighted by Gasteiger charge is -2.09. The number of hydrogen-bond acceptors (Lipinski definition) is 6. The molecule has 4 aromatic heterocycles. The van der Waals surface area contributed by atoms with Crippen molar-refractivity contribution in [1.82, 2.24) is 44.3 Å². The molecule has 0 aliphatic heterocycles. The third kappa shape index (κ3) is 4.42. The van der Waals surface area contributed by atoms with E-state index in [2.05, 4.69) is 32.5 Å². The second-order valence-corrected chi connectivity index (χ2v) is 8.31. The molecule has 0 atom stereocenters. The molecule has 10 heteroatoms. The number of rotatable bonds is 9. The summed E-state index contributed by atoms with van der Waals surface area (Å²) >= 11 is 0. The lowest BCUT2D eigenvalue weighted by molar-refractivity contribution is 0.660. The largest absolute Gasteiger partial charge is 0.335 e. The van der Waals surface area contributed by atoms with Crippen LogP contribution < -0.4 is 5.69 Å². The molecule has 0 aliphatic rings. The number of tetrazole rings is 1. The Morgan fingerprint density at radius 2 is 1.89 bits per heavy atom. The van der Waals surface area contributed by atoms with E-state index in [0.29, 0.717) is 18.3 Å². The van der Waals surface area contributed by atoms with Crippen molar-refractivity contribution in [3.63, 3.8) is 0 Å². The number of benzene rings is 1. The van der Waals surface area contributed by atoms with Crippen LogP contribution in [0.5, 0.6) is 0 Å². The Labute approximate surface area is 202 Å². The van der Waals surface area contributed by atoms with Gasteiger partial charge in [-0.2, -0.15) is 5.21 Å². The predicted octanol–water partition coefficient (Wildman–Crippen LogP) is 3.49. The molecular formula is C25H27N9O. The monoisotopic (exact) mass is 469 g/mol. The third-order valence-electron chi connectivity index (χ3n) is 6.05. The highest BCUT2D eigenvalue weighted by atomic mass is 16.1. The number of aromatic amines is 1. The molecule has 0 radical (unpaired) electrons. The van der Waals surface area contributed by atoms with Crippen LogP contribution in [0.25, 0.3) is 28.6 Å². The SMILES string of the molecule is CCCCc1cn(-c2nccn2CC)c(=O)n1Cc1ccc(-c2ccccc2-c2nn[nH]n2)nc1.